The Labute approximate surface area is 148 Å². The molecule has 3 rings (SSSR count). The number of aromatic amines is 1. The number of allylic oxidation sites excluding steroid dienone is 1. The van der Waals surface area contributed by atoms with Gasteiger partial charge in [0, 0.05) is 35.4 Å². The zero-order chi connectivity index (χ0) is 18.2. The maximum atomic E-state index is 12.2. The van der Waals surface area contributed by atoms with Crippen LogP contribution in [-0.2, 0) is 27.6 Å². The van der Waals surface area contributed by atoms with Crippen molar-refractivity contribution in [3.05, 3.63) is 46.0 Å². The number of hydrogen-bond acceptors (Lipinski definition) is 3. The lowest BCUT2D eigenvalue weighted by Gasteiger charge is -2.10. The molecule has 25 heavy (non-hydrogen) atoms. The smallest absolute Gasteiger partial charge is 0.220 e. The quantitative estimate of drug-likeness (QED) is 0.860. The number of carbonyl (C=O) groups is 1. The van der Waals surface area contributed by atoms with Crippen molar-refractivity contribution in [2.45, 2.75) is 40.2 Å². The zero-order valence-corrected chi connectivity index (χ0v) is 15.7. The Morgan fingerprint density at radius 2 is 2.08 bits per heavy atom. The van der Waals surface area contributed by atoms with Crippen LogP contribution < -0.4 is 5.32 Å². The minimum absolute atomic E-state index is 0.0325. The molecule has 1 aromatic carbocycles. The van der Waals surface area contributed by atoms with Crippen LogP contribution in [0.4, 0.5) is 0 Å². The van der Waals surface area contributed by atoms with Gasteiger partial charge in [-0.05, 0) is 37.5 Å². The molecule has 6 heteroatoms. The van der Waals surface area contributed by atoms with E-state index >= 15 is 0 Å². The summed E-state index contributed by atoms with van der Waals surface area (Å²) in [6, 6.07) is 4.25. The number of benzene rings is 1. The second-order valence-electron chi connectivity index (χ2n) is 6.83. The van der Waals surface area contributed by atoms with Crippen LogP contribution in [0.3, 0.4) is 0 Å². The Bertz CT molecular complexity index is 955. The number of aryl methyl sites for hydroxylation is 3. The molecule has 2 aromatic rings. The van der Waals surface area contributed by atoms with E-state index in [1.165, 1.54) is 22.1 Å². The van der Waals surface area contributed by atoms with Gasteiger partial charge < -0.3 is 10.3 Å². The molecule has 134 valence electrons. The fourth-order valence-corrected chi connectivity index (χ4v) is 4.87. The minimum Gasteiger partial charge on any atom is -0.358 e. The van der Waals surface area contributed by atoms with Crippen LogP contribution in [0.25, 0.3) is 10.9 Å². The molecule has 0 unspecified atom stereocenters. The van der Waals surface area contributed by atoms with E-state index in [2.05, 4.69) is 43.2 Å². The second kappa shape index (κ2) is 6.67. The monoisotopic (exact) mass is 360 g/mol. The lowest BCUT2D eigenvalue weighted by atomic mass is 10.0. The van der Waals surface area contributed by atoms with E-state index in [0.717, 1.165) is 23.1 Å². The molecule has 0 radical (unpaired) electrons. The summed E-state index contributed by atoms with van der Waals surface area (Å²) in [6.45, 7) is 6.72. The van der Waals surface area contributed by atoms with Gasteiger partial charge in [0.05, 0.1) is 11.3 Å². The van der Waals surface area contributed by atoms with Crippen molar-refractivity contribution in [2.24, 2.45) is 5.92 Å². The minimum atomic E-state index is -3.11. The van der Waals surface area contributed by atoms with Crippen LogP contribution in [0.5, 0.6) is 0 Å². The summed E-state index contributed by atoms with van der Waals surface area (Å²) in [4.78, 5) is 15.7. The summed E-state index contributed by atoms with van der Waals surface area (Å²) in [5.41, 5.74) is 5.76. The van der Waals surface area contributed by atoms with Crippen molar-refractivity contribution in [1.29, 1.82) is 0 Å². The highest BCUT2D eigenvalue weighted by atomic mass is 32.2. The normalized spacial score (nSPS) is 18.8. The van der Waals surface area contributed by atoms with Crippen LogP contribution >= 0.6 is 0 Å². The molecule has 5 nitrogen and oxygen atoms in total. The first-order valence-electron chi connectivity index (χ1n) is 8.57. The third-order valence-electron chi connectivity index (χ3n) is 4.78. The summed E-state index contributed by atoms with van der Waals surface area (Å²) in [6.07, 6.45) is 2.75. The number of rotatable bonds is 5. The molecule has 2 N–H and O–H groups in total. The molecule has 1 atom stereocenters. The molecular weight excluding hydrogens is 336 g/mol. The van der Waals surface area contributed by atoms with Crippen molar-refractivity contribution >= 4 is 26.6 Å². The summed E-state index contributed by atoms with van der Waals surface area (Å²) in [7, 11) is -3.11. The van der Waals surface area contributed by atoms with E-state index in [1.54, 1.807) is 6.08 Å². The molecule has 1 aromatic heterocycles. The number of nitrogens with one attached hydrogen (secondary N) is 2. The Morgan fingerprint density at radius 3 is 2.72 bits per heavy atom. The molecule has 1 amide bonds. The number of hydrogen-bond donors (Lipinski definition) is 2. The number of carbonyl (C=O) groups excluding carboxylic acids is 1. The van der Waals surface area contributed by atoms with Gasteiger partial charge in [0.2, 0.25) is 5.91 Å². The summed E-state index contributed by atoms with van der Waals surface area (Å²) in [5, 5.41) is 5.34. The highest BCUT2D eigenvalue weighted by Gasteiger charge is 2.23. The molecule has 2 heterocycles. The molecule has 1 aliphatic rings. The molecule has 0 saturated heterocycles. The van der Waals surface area contributed by atoms with Gasteiger partial charge in [0.25, 0.3) is 0 Å². The van der Waals surface area contributed by atoms with E-state index in [9.17, 15) is 13.2 Å². The largest absolute Gasteiger partial charge is 0.358 e. The maximum Gasteiger partial charge on any atom is 0.220 e. The van der Waals surface area contributed by atoms with Crippen molar-refractivity contribution in [1.82, 2.24) is 10.3 Å². The average Bonchev–Trinajstić information content (AvgIpc) is 3.04. The van der Waals surface area contributed by atoms with Gasteiger partial charge in [-0.1, -0.05) is 24.6 Å². The van der Waals surface area contributed by atoms with Crippen molar-refractivity contribution in [3.63, 3.8) is 0 Å². The third-order valence-corrected chi connectivity index (χ3v) is 6.24. The first-order valence-corrected chi connectivity index (χ1v) is 10.3. The highest BCUT2D eigenvalue weighted by Crippen LogP contribution is 2.27. The van der Waals surface area contributed by atoms with Crippen LogP contribution in [0, 0.1) is 19.8 Å². The molecular formula is C19H24N2O3S. The number of amides is 1. The standard InChI is InChI=1S/C19H24N2O3S/c1-4-17-13(3)16-8-12(2)7-15(19(16)21-17)10-20-18(22)9-14-5-6-25(23,24)11-14/h5-8,14,21H,4,9-11H2,1-3H3,(H,20,22)/t14-/m1/s1. The zero-order valence-electron chi connectivity index (χ0n) is 14.8. The molecule has 0 fully saturated rings. The summed E-state index contributed by atoms with van der Waals surface area (Å²) < 4.78 is 22.9. The Kier molecular flexibility index (Phi) is 4.73. The first kappa shape index (κ1) is 17.7. The average molecular weight is 360 g/mol. The van der Waals surface area contributed by atoms with Crippen LogP contribution in [0.15, 0.2) is 23.6 Å². The topological polar surface area (TPSA) is 79.0 Å². The molecule has 0 aliphatic carbocycles. The van der Waals surface area contributed by atoms with E-state index in [4.69, 9.17) is 0 Å². The Hall–Kier alpha value is -2.08. The number of sulfone groups is 1. The van der Waals surface area contributed by atoms with E-state index in [1.807, 2.05) is 0 Å². The molecule has 0 saturated carbocycles. The van der Waals surface area contributed by atoms with Crippen LogP contribution in [-0.4, -0.2) is 25.1 Å². The molecule has 0 spiro atoms. The van der Waals surface area contributed by atoms with Gasteiger partial charge in [-0.25, -0.2) is 8.42 Å². The third kappa shape index (κ3) is 3.79. The summed E-state index contributed by atoms with van der Waals surface area (Å²) >= 11 is 0. The Morgan fingerprint density at radius 1 is 1.32 bits per heavy atom. The fourth-order valence-electron chi connectivity index (χ4n) is 3.48. The lowest BCUT2D eigenvalue weighted by molar-refractivity contribution is -0.121. The highest BCUT2D eigenvalue weighted by molar-refractivity contribution is 7.94. The predicted octanol–water partition coefficient (Wildman–Crippen LogP) is 2.91. The number of H-pyrrole nitrogens is 1. The van der Waals surface area contributed by atoms with Gasteiger partial charge in [-0.3, -0.25) is 4.79 Å². The van der Waals surface area contributed by atoms with Crippen LogP contribution in [0.2, 0.25) is 0 Å². The van der Waals surface area contributed by atoms with Crippen molar-refractivity contribution in [2.75, 3.05) is 5.75 Å². The first-order chi connectivity index (χ1) is 11.8. The number of fused-ring (bicyclic) bond motifs is 1. The van der Waals surface area contributed by atoms with E-state index < -0.39 is 9.84 Å². The number of aromatic nitrogens is 1. The Balaban J connectivity index is 1.73. The van der Waals surface area contributed by atoms with Crippen molar-refractivity contribution < 1.29 is 13.2 Å². The molecule has 0 bridgehead atoms. The van der Waals surface area contributed by atoms with Gasteiger partial charge in [0.1, 0.15) is 0 Å². The maximum absolute atomic E-state index is 12.2. The van der Waals surface area contributed by atoms with Gasteiger partial charge in [0.15, 0.2) is 9.84 Å². The molecule has 1 aliphatic heterocycles. The van der Waals surface area contributed by atoms with E-state index in [0.29, 0.717) is 6.54 Å². The SMILES string of the molecule is CCc1[nH]c2c(CNC(=O)C[C@H]3C=CS(=O)(=O)C3)cc(C)cc2c1C. The van der Waals surface area contributed by atoms with Gasteiger partial charge in [-0.15, -0.1) is 0 Å². The predicted molar refractivity (Wildman–Crippen MR) is 100 cm³/mol. The van der Waals surface area contributed by atoms with Gasteiger partial charge >= 0.3 is 0 Å². The van der Waals surface area contributed by atoms with E-state index in [-0.39, 0.29) is 24.0 Å². The fraction of sp³-hybridized carbons (Fsp3) is 0.421. The van der Waals surface area contributed by atoms with Crippen LogP contribution in [0.1, 0.15) is 35.7 Å². The second-order valence-corrected chi connectivity index (χ2v) is 8.76. The summed E-state index contributed by atoms with van der Waals surface area (Å²) in [5.74, 6) is -0.313. The van der Waals surface area contributed by atoms with Crippen molar-refractivity contribution in [3.8, 4) is 0 Å². The van der Waals surface area contributed by atoms with Gasteiger partial charge in [-0.2, -0.15) is 0 Å². The lowest BCUT2D eigenvalue weighted by Crippen LogP contribution is -2.25.